The van der Waals surface area contributed by atoms with E-state index < -0.39 is 5.60 Å². The van der Waals surface area contributed by atoms with E-state index in [0.717, 1.165) is 17.7 Å². The van der Waals surface area contributed by atoms with Crippen LogP contribution in [-0.2, 0) is 15.1 Å². The van der Waals surface area contributed by atoms with Gasteiger partial charge in [-0.3, -0.25) is 0 Å². The summed E-state index contributed by atoms with van der Waals surface area (Å²) in [7, 11) is 4.01. The van der Waals surface area contributed by atoms with Gasteiger partial charge in [-0.2, -0.15) is 0 Å². The predicted octanol–water partition coefficient (Wildman–Crippen LogP) is 2.97. The van der Waals surface area contributed by atoms with E-state index in [1.54, 1.807) is 6.47 Å². The lowest BCUT2D eigenvalue weighted by Crippen LogP contribution is -2.34. The molecule has 3 nitrogen and oxygen atoms in total. The highest BCUT2D eigenvalue weighted by molar-refractivity contribution is 5.46. The SMILES string of the molecule is CN(C)CCC(O[C]=O)(c1ccccc1)c1ccccc1. The van der Waals surface area contributed by atoms with Crippen LogP contribution < -0.4 is 0 Å². The van der Waals surface area contributed by atoms with Crippen LogP contribution in [-0.4, -0.2) is 32.0 Å². The van der Waals surface area contributed by atoms with E-state index in [9.17, 15) is 4.79 Å². The maximum atomic E-state index is 11.1. The maximum absolute atomic E-state index is 11.1. The topological polar surface area (TPSA) is 29.5 Å². The Morgan fingerprint density at radius 2 is 1.43 bits per heavy atom. The zero-order valence-corrected chi connectivity index (χ0v) is 12.5. The molecule has 3 heteroatoms. The minimum Gasteiger partial charge on any atom is -0.441 e. The van der Waals surface area contributed by atoms with Crippen molar-refractivity contribution >= 4 is 6.47 Å². The van der Waals surface area contributed by atoms with Gasteiger partial charge < -0.3 is 9.64 Å². The molecule has 0 amide bonds. The standard InChI is InChI=1S/C18H20NO2/c1-19(2)14-13-18(21-15-20,16-9-5-3-6-10-16)17-11-7-4-8-12-17/h3-12H,13-14H2,1-2H3. The quantitative estimate of drug-likeness (QED) is 0.782. The Hall–Kier alpha value is -2.13. The number of benzene rings is 2. The van der Waals surface area contributed by atoms with Gasteiger partial charge in [0.05, 0.1) is 0 Å². The van der Waals surface area contributed by atoms with E-state index >= 15 is 0 Å². The van der Waals surface area contributed by atoms with Crippen LogP contribution in [0.1, 0.15) is 17.5 Å². The fraction of sp³-hybridized carbons (Fsp3) is 0.278. The first kappa shape index (κ1) is 15.3. The lowest BCUT2D eigenvalue weighted by atomic mass is 9.83. The molecule has 0 spiro atoms. The summed E-state index contributed by atoms with van der Waals surface area (Å²) in [5.74, 6) is 0. The molecule has 0 aromatic heterocycles. The van der Waals surface area contributed by atoms with Gasteiger partial charge in [0.15, 0.2) is 5.60 Å². The van der Waals surface area contributed by atoms with Crippen molar-refractivity contribution in [1.82, 2.24) is 4.90 Å². The Kier molecular flexibility index (Phi) is 5.12. The average molecular weight is 282 g/mol. The molecular formula is C18H20NO2. The number of carbonyl (C=O) groups excluding carboxylic acids is 1. The van der Waals surface area contributed by atoms with Gasteiger partial charge in [0, 0.05) is 24.1 Å². The zero-order chi connectivity index (χ0) is 15.1. The summed E-state index contributed by atoms with van der Waals surface area (Å²) in [6.07, 6.45) is 0.670. The average Bonchev–Trinajstić information content (AvgIpc) is 2.53. The van der Waals surface area contributed by atoms with Crippen LogP contribution in [0.4, 0.5) is 0 Å². The summed E-state index contributed by atoms with van der Waals surface area (Å²) in [6, 6.07) is 19.7. The molecule has 1 radical (unpaired) electrons. The van der Waals surface area contributed by atoms with Crippen LogP contribution in [0.5, 0.6) is 0 Å². The molecule has 0 heterocycles. The smallest absolute Gasteiger partial charge is 0.418 e. The molecule has 0 saturated carbocycles. The van der Waals surface area contributed by atoms with Crippen molar-refractivity contribution < 1.29 is 9.53 Å². The number of rotatable bonds is 7. The van der Waals surface area contributed by atoms with Crippen molar-refractivity contribution in [3.8, 4) is 0 Å². The monoisotopic (exact) mass is 282 g/mol. The van der Waals surface area contributed by atoms with Crippen LogP contribution in [0.25, 0.3) is 0 Å². The molecule has 0 N–H and O–H groups in total. The molecule has 2 aromatic rings. The van der Waals surface area contributed by atoms with Crippen molar-refractivity contribution in [1.29, 1.82) is 0 Å². The molecule has 0 aliphatic carbocycles. The summed E-state index contributed by atoms with van der Waals surface area (Å²) in [4.78, 5) is 13.1. The van der Waals surface area contributed by atoms with Crippen molar-refractivity contribution in [3.05, 3.63) is 71.8 Å². The third kappa shape index (κ3) is 3.50. The van der Waals surface area contributed by atoms with Gasteiger partial charge in [0.2, 0.25) is 0 Å². The highest BCUT2D eigenvalue weighted by Gasteiger charge is 2.36. The number of ether oxygens (including phenoxy) is 1. The fourth-order valence-corrected chi connectivity index (χ4v) is 2.49. The van der Waals surface area contributed by atoms with E-state index in [1.807, 2.05) is 74.8 Å². The van der Waals surface area contributed by atoms with Crippen LogP contribution in [0.2, 0.25) is 0 Å². The van der Waals surface area contributed by atoms with Crippen molar-refractivity contribution in [2.75, 3.05) is 20.6 Å². The molecule has 2 rings (SSSR count). The van der Waals surface area contributed by atoms with E-state index in [2.05, 4.69) is 4.90 Å². The first-order valence-electron chi connectivity index (χ1n) is 7.00. The maximum Gasteiger partial charge on any atom is 0.418 e. The number of hydrogen-bond donors (Lipinski definition) is 0. The van der Waals surface area contributed by atoms with Crippen LogP contribution in [0.15, 0.2) is 60.7 Å². The minimum atomic E-state index is -0.797. The van der Waals surface area contributed by atoms with Gasteiger partial charge in [0.25, 0.3) is 0 Å². The molecule has 0 atom stereocenters. The van der Waals surface area contributed by atoms with E-state index in [4.69, 9.17) is 4.74 Å². The van der Waals surface area contributed by atoms with E-state index in [-0.39, 0.29) is 0 Å². The highest BCUT2D eigenvalue weighted by atomic mass is 16.5. The molecule has 0 aliphatic rings. The first-order chi connectivity index (χ1) is 10.2. The fourth-order valence-electron chi connectivity index (χ4n) is 2.49. The largest absolute Gasteiger partial charge is 0.441 e. The van der Waals surface area contributed by atoms with E-state index in [1.165, 1.54) is 0 Å². The number of nitrogens with zero attached hydrogens (tertiary/aromatic N) is 1. The van der Waals surface area contributed by atoms with Gasteiger partial charge in [-0.15, -0.1) is 0 Å². The zero-order valence-electron chi connectivity index (χ0n) is 12.5. The molecule has 0 fully saturated rings. The minimum absolute atomic E-state index is 0.670. The summed E-state index contributed by atoms with van der Waals surface area (Å²) in [5.41, 5.74) is 1.12. The normalized spacial score (nSPS) is 11.4. The Balaban J connectivity index is 2.51. The summed E-state index contributed by atoms with van der Waals surface area (Å²) in [5, 5.41) is 0. The summed E-state index contributed by atoms with van der Waals surface area (Å²) < 4.78 is 5.52. The molecule has 21 heavy (non-hydrogen) atoms. The molecule has 2 aromatic carbocycles. The van der Waals surface area contributed by atoms with E-state index in [0.29, 0.717) is 6.42 Å². The van der Waals surface area contributed by atoms with Gasteiger partial charge in [-0.05, 0) is 14.1 Å². The Labute approximate surface area is 126 Å². The lowest BCUT2D eigenvalue weighted by molar-refractivity contribution is 0.0723. The van der Waals surface area contributed by atoms with Crippen LogP contribution in [0.3, 0.4) is 0 Å². The lowest BCUT2D eigenvalue weighted by Gasteiger charge is -2.33. The van der Waals surface area contributed by atoms with Gasteiger partial charge in [-0.1, -0.05) is 60.7 Å². The first-order valence-corrected chi connectivity index (χ1v) is 7.00. The Morgan fingerprint density at radius 3 is 1.81 bits per heavy atom. The van der Waals surface area contributed by atoms with Crippen molar-refractivity contribution in [2.45, 2.75) is 12.0 Å². The van der Waals surface area contributed by atoms with Crippen LogP contribution in [0, 0.1) is 0 Å². The second kappa shape index (κ2) is 7.04. The van der Waals surface area contributed by atoms with Crippen molar-refractivity contribution in [3.63, 3.8) is 0 Å². The molecule has 0 bridgehead atoms. The molecule has 109 valence electrons. The molecule has 0 aliphatic heterocycles. The van der Waals surface area contributed by atoms with Crippen LogP contribution >= 0.6 is 0 Å². The summed E-state index contributed by atoms with van der Waals surface area (Å²) in [6.45, 7) is 2.46. The number of hydrogen-bond acceptors (Lipinski definition) is 3. The summed E-state index contributed by atoms with van der Waals surface area (Å²) >= 11 is 0. The Bertz CT molecular complexity index is 512. The molecular weight excluding hydrogens is 262 g/mol. The van der Waals surface area contributed by atoms with Crippen molar-refractivity contribution in [2.24, 2.45) is 0 Å². The predicted molar refractivity (Wildman–Crippen MR) is 83.6 cm³/mol. The third-order valence-electron chi connectivity index (χ3n) is 3.61. The van der Waals surface area contributed by atoms with Gasteiger partial charge in [-0.25, -0.2) is 4.79 Å². The Morgan fingerprint density at radius 1 is 0.952 bits per heavy atom. The molecule has 0 saturated heterocycles. The van der Waals surface area contributed by atoms with Gasteiger partial charge in [0.1, 0.15) is 0 Å². The highest BCUT2D eigenvalue weighted by Crippen LogP contribution is 2.36. The second-order valence-electron chi connectivity index (χ2n) is 5.30. The third-order valence-corrected chi connectivity index (χ3v) is 3.61. The molecule has 0 unspecified atom stereocenters. The van der Waals surface area contributed by atoms with Gasteiger partial charge >= 0.3 is 6.47 Å². The second-order valence-corrected chi connectivity index (χ2v) is 5.30.